The van der Waals surface area contributed by atoms with Gasteiger partial charge >= 0.3 is 0 Å². The summed E-state index contributed by atoms with van der Waals surface area (Å²) in [5.41, 5.74) is 2.47. The van der Waals surface area contributed by atoms with Gasteiger partial charge in [0.1, 0.15) is 11.7 Å². The van der Waals surface area contributed by atoms with Crippen molar-refractivity contribution < 1.29 is 19.0 Å². The highest BCUT2D eigenvalue weighted by Crippen LogP contribution is 2.35. The molecule has 0 radical (unpaired) electrons. The summed E-state index contributed by atoms with van der Waals surface area (Å²) in [5.74, 6) is 1.19. The topological polar surface area (TPSA) is 78.7 Å². The van der Waals surface area contributed by atoms with Crippen molar-refractivity contribution in [2.45, 2.75) is 25.9 Å². The van der Waals surface area contributed by atoms with Gasteiger partial charge in [-0.25, -0.2) is 4.68 Å². The molecule has 1 aromatic heterocycles. The van der Waals surface area contributed by atoms with Gasteiger partial charge in [-0.05, 0) is 25.1 Å². The second-order valence-electron chi connectivity index (χ2n) is 6.02. The molecule has 3 heterocycles. The van der Waals surface area contributed by atoms with E-state index in [1.54, 1.807) is 30.2 Å². The van der Waals surface area contributed by atoms with Gasteiger partial charge in [0.05, 0.1) is 12.3 Å². The van der Waals surface area contributed by atoms with Crippen LogP contribution in [-0.2, 0) is 17.7 Å². The van der Waals surface area contributed by atoms with Crippen molar-refractivity contribution in [1.82, 2.24) is 19.9 Å². The fourth-order valence-corrected chi connectivity index (χ4v) is 3.41. The van der Waals surface area contributed by atoms with Gasteiger partial charge < -0.3 is 19.1 Å². The Balaban J connectivity index is 1.65. The predicted octanol–water partition coefficient (Wildman–Crippen LogP) is 1.41. The van der Waals surface area contributed by atoms with Gasteiger partial charge in [-0.1, -0.05) is 5.21 Å². The van der Waals surface area contributed by atoms with Gasteiger partial charge in [0, 0.05) is 32.2 Å². The Morgan fingerprint density at radius 2 is 2.20 bits per heavy atom. The minimum Gasteiger partial charge on any atom is -0.454 e. The largest absolute Gasteiger partial charge is 0.454 e. The lowest BCUT2D eigenvalue weighted by molar-refractivity contribution is 0.0490. The number of carbonyl (C=O) groups excluding carboxylic acids is 1. The number of nitrogens with zero attached hydrogens (tertiary/aromatic N) is 4. The van der Waals surface area contributed by atoms with Crippen LogP contribution in [0.15, 0.2) is 18.2 Å². The van der Waals surface area contributed by atoms with Crippen LogP contribution in [-0.4, -0.2) is 52.9 Å². The average Bonchev–Trinajstić information content (AvgIpc) is 3.27. The van der Waals surface area contributed by atoms with E-state index < -0.39 is 0 Å². The minimum atomic E-state index is -0.244. The summed E-state index contributed by atoms with van der Waals surface area (Å²) in [4.78, 5) is 14.9. The van der Waals surface area contributed by atoms with Crippen LogP contribution in [0.3, 0.4) is 0 Å². The third-order valence-corrected chi connectivity index (χ3v) is 4.65. The molecule has 0 saturated heterocycles. The molecule has 2 aliphatic rings. The van der Waals surface area contributed by atoms with Crippen LogP contribution in [0.25, 0.3) is 0 Å². The minimum absolute atomic E-state index is 0.0722. The number of benzene rings is 1. The zero-order valence-corrected chi connectivity index (χ0v) is 14.3. The average molecular weight is 344 g/mol. The molecule has 1 aromatic carbocycles. The molecule has 8 nitrogen and oxygen atoms in total. The zero-order valence-electron chi connectivity index (χ0n) is 14.3. The summed E-state index contributed by atoms with van der Waals surface area (Å²) in [5, 5.41) is 8.51. The van der Waals surface area contributed by atoms with E-state index in [9.17, 15) is 4.79 Å². The number of methoxy groups -OCH3 is 1. The molecule has 0 aliphatic carbocycles. The van der Waals surface area contributed by atoms with Crippen molar-refractivity contribution >= 4 is 5.91 Å². The Labute approximate surface area is 145 Å². The molecule has 0 saturated carbocycles. The highest BCUT2D eigenvalue weighted by atomic mass is 16.7. The maximum atomic E-state index is 13.1. The third kappa shape index (κ3) is 2.62. The Morgan fingerprint density at radius 3 is 3.00 bits per heavy atom. The molecule has 0 bridgehead atoms. The number of aromatic nitrogens is 3. The van der Waals surface area contributed by atoms with E-state index in [2.05, 4.69) is 10.3 Å². The lowest BCUT2D eigenvalue weighted by Crippen LogP contribution is -2.42. The van der Waals surface area contributed by atoms with Crippen LogP contribution in [0, 0.1) is 0 Å². The summed E-state index contributed by atoms with van der Waals surface area (Å²) in [6.45, 7) is 3.96. The van der Waals surface area contributed by atoms with Crippen molar-refractivity contribution in [2.75, 3.05) is 27.1 Å². The van der Waals surface area contributed by atoms with Crippen LogP contribution >= 0.6 is 0 Å². The van der Waals surface area contributed by atoms with E-state index in [-0.39, 0.29) is 18.7 Å². The first-order valence-corrected chi connectivity index (χ1v) is 8.34. The normalized spacial score (nSPS) is 18.3. The monoisotopic (exact) mass is 344 g/mol. The van der Waals surface area contributed by atoms with Crippen molar-refractivity contribution in [1.29, 1.82) is 0 Å². The molecule has 4 rings (SSSR count). The molecule has 0 spiro atoms. The Morgan fingerprint density at radius 1 is 1.36 bits per heavy atom. The SMILES string of the molecule is CCn1nnc2c1CCN(C(=O)c1ccc3c(c1)OCO3)[C@@H]2COC. The standard InChI is InChI=1S/C17H20N4O4/c1-3-21-12-6-7-20(13(9-23-2)16(12)18-19-21)17(22)11-4-5-14-15(8-11)25-10-24-14/h4-5,8,13H,3,6-7,9-10H2,1-2H3/t13-/m1/s1. The van der Waals surface area contributed by atoms with Gasteiger partial charge in [-0.15, -0.1) is 5.10 Å². The van der Waals surface area contributed by atoms with E-state index in [0.717, 1.165) is 24.4 Å². The van der Waals surface area contributed by atoms with E-state index in [0.29, 0.717) is 30.2 Å². The van der Waals surface area contributed by atoms with Gasteiger partial charge in [0.15, 0.2) is 11.5 Å². The molecule has 8 heteroatoms. The highest BCUT2D eigenvalue weighted by molar-refractivity contribution is 5.95. The number of carbonyl (C=O) groups is 1. The van der Waals surface area contributed by atoms with E-state index in [1.165, 1.54) is 0 Å². The van der Waals surface area contributed by atoms with Gasteiger partial charge in [-0.3, -0.25) is 4.79 Å². The van der Waals surface area contributed by atoms with Gasteiger partial charge in [0.2, 0.25) is 6.79 Å². The van der Waals surface area contributed by atoms with E-state index >= 15 is 0 Å². The first kappa shape index (κ1) is 15.9. The van der Waals surface area contributed by atoms with Crippen LogP contribution < -0.4 is 9.47 Å². The molecule has 1 amide bonds. The third-order valence-electron chi connectivity index (χ3n) is 4.65. The van der Waals surface area contributed by atoms with E-state index in [4.69, 9.17) is 14.2 Å². The van der Waals surface area contributed by atoms with Crippen LogP contribution in [0.2, 0.25) is 0 Å². The van der Waals surface area contributed by atoms with Crippen molar-refractivity contribution in [3.05, 3.63) is 35.2 Å². The molecule has 1 atom stereocenters. The van der Waals surface area contributed by atoms with Crippen molar-refractivity contribution in [2.24, 2.45) is 0 Å². The molecule has 25 heavy (non-hydrogen) atoms. The summed E-state index contributed by atoms with van der Waals surface area (Å²) >= 11 is 0. The fraction of sp³-hybridized carbons (Fsp3) is 0.471. The molecule has 0 unspecified atom stereocenters. The first-order valence-electron chi connectivity index (χ1n) is 8.34. The molecular formula is C17H20N4O4. The van der Waals surface area contributed by atoms with Crippen LogP contribution in [0.5, 0.6) is 11.5 Å². The number of ether oxygens (including phenoxy) is 3. The number of rotatable bonds is 4. The van der Waals surface area contributed by atoms with Gasteiger partial charge in [-0.2, -0.15) is 0 Å². The van der Waals surface area contributed by atoms with Crippen LogP contribution in [0.4, 0.5) is 0 Å². The second-order valence-corrected chi connectivity index (χ2v) is 6.02. The van der Waals surface area contributed by atoms with Gasteiger partial charge in [0.25, 0.3) is 5.91 Å². The molecular weight excluding hydrogens is 324 g/mol. The lowest BCUT2D eigenvalue weighted by Gasteiger charge is -2.34. The smallest absolute Gasteiger partial charge is 0.254 e. The molecule has 132 valence electrons. The second kappa shape index (κ2) is 6.36. The lowest BCUT2D eigenvalue weighted by atomic mass is 10.0. The summed E-state index contributed by atoms with van der Waals surface area (Å²) in [6, 6.07) is 5.02. The quantitative estimate of drug-likeness (QED) is 0.834. The number of amides is 1. The summed E-state index contributed by atoms with van der Waals surface area (Å²) in [7, 11) is 1.63. The number of fused-ring (bicyclic) bond motifs is 2. The van der Waals surface area contributed by atoms with Crippen molar-refractivity contribution in [3.63, 3.8) is 0 Å². The summed E-state index contributed by atoms with van der Waals surface area (Å²) in [6.07, 6.45) is 0.729. The predicted molar refractivity (Wildman–Crippen MR) is 87.6 cm³/mol. The number of aryl methyl sites for hydroxylation is 1. The van der Waals surface area contributed by atoms with Crippen molar-refractivity contribution in [3.8, 4) is 11.5 Å². The fourth-order valence-electron chi connectivity index (χ4n) is 3.41. The Bertz CT molecular complexity index is 804. The first-order chi connectivity index (χ1) is 12.2. The van der Waals surface area contributed by atoms with E-state index in [1.807, 2.05) is 11.6 Å². The Hall–Kier alpha value is -2.61. The number of hydrogen-bond donors (Lipinski definition) is 0. The highest BCUT2D eigenvalue weighted by Gasteiger charge is 2.35. The molecule has 2 aromatic rings. The maximum Gasteiger partial charge on any atom is 0.254 e. The zero-order chi connectivity index (χ0) is 17.4. The Kier molecular flexibility index (Phi) is 4.04. The molecule has 2 aliphatic heterocycles. The number of hydrogen-bond acceptors (Lipinski definition) is 6. The van der Waals surface area contributed by atoms with Crippen LogP contribution in [0.1, 0.15) is 34.7 Å². The maximum absolute atomic E-state index is 13.1. The molecule has 0 N–H and O–H groups in total. The summed E-state index contributed by atoms with van der Waals surface area (Å²) < 4.78 is 17.9. The molecule has 0 fully saturated rings.